The lowest BCUT2D eigenvalue weighted by Crippen LogP contribution is -2.43. The number of nitrogens with zero attached hydrogens (tertiary/aromatic N) is 1. The molecule has 0 bridgehead atoms. The zero-order valence-electron chi connectivity index (χ0n) is 8.58. The van der Waals surface area contributed by atoms with Crippen LogP contribution in [0.15, 0.2) is 0 Å². The van der Waals surface area contributed by atoms with Crippen molar-refractivity contribution < 1.29 is 5.11 Å². The van der Waals surface area contributed by atoms with E-state index >= 15 is 0 Å². The van der Waals surface area contributed by atoms with Crippen molar-refractivity contribution in [3.63, 3.8) is 0 Å². The fraction of sp³-hybridized carbons (Fsp3) is 0.818. The minimum absolute atomic E-state index is 0.141. The van der Waals surface area contributed by atoms with Crippen LogP contribution in [0.3, 0.4) is 0 Å². The molecule has 74 valence electrons. The van der Waals surface area contributed by atoms with E-state index in [1.165, 1.54) is 12.8 Å². The lowest BCUT2D eigenvalue weighted by atomic mass is 9.92. The molecule has 0 heterocycles. The quantitative estimate of drug-likeness (QED) is 0.648. The molecule has 1 aliphatic carbocycles. The van der Waals surface area contributed by atoms with Crippen LogP contribution in [0.2, 0.25) is 0 Å². The molecular weight excluding hydrogens is 162 g/mol. The summed E-state index contributed by atoms with van der Waals surface area (Å²) in [5, 5.41) is 9.75. The molecule has 0 radical (unpaired) electrons. The maximum absolute atomic E-state index is 9.75. The van der Waals surface area contributed by atoms with E-state index in [0.717, 1.165) is 19.4 Å². The van der Waals surface area contributed by atoms with Crippen LogP contribution in [0.25, 0.3) is 0 Å². The van der Waals surface area contributed by atoms with Gasteiger partial charge in [0.15, 0.2) is 0 Å². The van der Waals surface area contributed by atoms with Gasteiger partial charge >= 0.3 is 0 Å². The maximum atomic E-state index is 9.75. The first-order valence-corrected chi connectivity index (χ1v) is 5.03. The molecule has 2 nitrogen and oxygen atoms in total. The van der Waals surface area contributed by atoms with Gasteiger partial charge in [-0.15, -0.1) is 5.92 Å². The van der Waals surface area contributed by atoms with Gasteiger partial charge in [-0.1, -0.05) is 18.8 Å². The Hall–Kier alpha value is -0.520. The standard InChI is InChI=1S/C11H19NO/c1-3-4-9-12(2)10-7-5-6-8-11(10)13/h10-11,13H,5-9H2,1-2H3/t10-,11-/m1/s1. The molecule has 1 aliphatic rings. The summed E-state index contributed by atoms with van der Waals surface area (Å²) in [6, 6.07) is 0.328. The summed E-state index contributed by atoms with van der Waals surface area (Å²) in [6.45, 7) is 2.63. The Morgan fingerprint density at radius 2 is 2.08 bits per heavy atom. The minimum Gasteiger partial charge on any atom is -0.391 e. The van der Waals surface area contributed by atoms with Crippen LogP contribution >= 0.6 is 0 Å². The van der Waals surface area contributed by atoms with Crippen molar-refractivity contribution >= 4 is 0 Å². The molecule has 0 aliphatic heterocycles. The highest BCUT2D eigenvalue weighted by atomic mass is 16.3. The van der Waals surface area contributed by atoms with Gasteiger partial charge in [-0.3, -0.25) is 4.90 Å². The monoisotopic (exact) mass is 181 g/mol. The Labute approximate surface area is 80.9 Å². The van der Waals surface area contributed by atoms with Crippen molar-refractivity contribution in [1.29, 1.82) is 0 Å². The molecule has 0 amide bonds. The van der Waals surface area contributed by atoms with Crippen LogP contribution in [0.4, 0.5) is 0 Å². The molecule has 1 rings (SSSR count). The van der Waals surface area contributed by atoms with Gasteiger partial charge < -0.3 is 5.11 Å². The Kier molecular flexibility index (Phi) is 4.27. The number of rotatable bonds is 2. The first-order valence-electron chi connectivity index (χ1n) is 5.03. The van der Waals surface area contributed by atoms with E-state index in [1.807, 2.05) is 14.0 Å². The molecule has 0 spiro atoms. The fourth-order valence-electron chi connectivity index (χ4n) is 1.93. The van der Waals surface area contributed by atoms with E-state index in [0.29, 0.717) is 6.04 Å². The summed E-state index contributed by atoms with van der Waals surface area (Å²) in [6.07, 6.45) is 4.34. The van der Waals surface area contributed by atoms with Gasteiger partial charge in [-0.25, -0.2) is 0 Å². The van der Waals surface area contributed by atoms with Gasteiger partial charge in [-0.05, 0) is 26.8 Å². The summed E-state index contributed by atoms with van der Waals surface area (Å²) in [4.78, 5) is 2.17. The summed E-state index contributed by atoms with van der Waals surface area (Å²) in [7, 11) is 2.05. The lowest BCUT2D eigenvalue weighted by Gasteiger charge is -2.34. The molecule has 1 N–H and O–H groups in total. The van der Waals surface area contributed by atoms with E-state index in [2.05, 4.69) is 16.7 Å². The van der Waals surface area contributed by atoms with Crippen LogP contribution in [0, 0.1) is 11.8 Å². The zero-order valence-corrected chi connectivity index (χ0v) is 8.58. The molecule has 1 fully saturated rings. The first-order chi connectivity index (χ1) is 6.25. The Bertz CT molecular complexity index is 204. The second-order valence-corrected chi connectivity index (χ2v) is 3.76. The molecule has 0 saturated heterocycles. The predicted molar refractivity (Wildman–Crippen MR) is 54.3 cm³/mol. The van der Waals surface area contributed by atoms with Crippen LogP contribution in [-0.2, 0) is 0 Å². The van der Waals surface area contributed by atoms with Crippen LogP contribution in [0.5, 0.6) is 0 Å². The first kappa shape index (κ1) is 10.6. The van der Waals surface area contributed by atoms with Crippen molar-refractivity contribution in [2.45, 2.75) is 44.8 Å². The van der Waals surface area contributed by atoms with E-state index in [-0.39, 0.29) is 6.10 Å². The SMILES string of the molecule is CC#CCN(C)[C@@H]1CCCC[C@H]1O. The summed E-state index contributed by atoms with van der Waals surface area (Å²) >= 11 is 0. The Morgan fingerprint density at radius 3 is 2.69 bits per heavy atom. The molecular formula is C11H19NO. The molecule has 0 unspecified atom stereocenters. The predicted octanol–water partition coefficient (Wildman–Crippen LogP) is 1.25. The molecule has 0 aromatic heterocycles. The summed E-state index contributed by atoms with van der Waals surface area (Å²) < 4.78 is 0. The Morgan fingerprint density at radius 1 is 1.38 bits per heavy atom. The van der Waals surface area contributed by atoms with Crippen molar-refractivity contribution in [2.24, 2.45) is 0 Å². The van der Waals surface area contributed by atoms with E-state index in [9.17, 15) is 5.11 Å². The highest BCUT2D eigenvalue weighted by molar-refractivity contribution is 4.99. The number of hydrogen-bond acceptors (Lipinski definition) is 2. The largest absolute Gasteiger partial charge is 0.391 e. The number of aliphatic hydroxyl groups is 1. The Balaban J connectivity index is 2.41. The highest BCUT2D eigenvalue weighted by Crippen LogP contribution is 2.21. The normalized spacial score (nSPS) is 28.3. The third-order valence-corrected chi connectivity index (χ3v) is 2.77. The summed E-state index contributed by atoms with van der Waals surface area (Å²) in [5.74, 6) is 5.91. The maximum Gasteiger partial charge on any atom is 0.0695 e. The number of aliphatic hydroxyl groups excluding tert-OH is 1. The molecule has 1 saturated carbocycles. The fourth-order valence-corrected chi connectivity index (χ4v) is 1.93. The summed E-state index contributed by atoms with van der Waals surface area (Å²) in [5.41, 5.74) is 0. The van der Waals surface area contributed by atoms with Crippen molar-refractivity contribution in [3.05, 3.63) is 0 Å². The third-order valence-electron chi connectivity index (χ3n) is 2.77. The van der Waals surface area contributed by atoms with Gasteiger partial charge in [0.1, 0.15) is 0 Å². The zero-order chi connectivity index (χ0) is 9.68. The van der Waals surface area contributed by atoms with Crippen LogP contribution in [-0.4, -0.2) is 35.7 Å². The van der Waals surface area contributed by atoms with E-state index < -0.39 is 0 Å². The smallest absolute Gasteiger partial charge is 0.0695 e. The van der Waals surface area contributed by atoms with E-state index in [4.69, 9.17) is 0 Å². The van der Waals surface area contributed by atoms with Crippen molar-refractivity contribution in [3.8, 4) is 11.8 Å². The third kappa shape index (κ3) is 3.02. The van der Waals surface area contributed by atoms with Crippen molar-refractivity contribution in [1.82, 2.24) is 4.90 Å². The van der Waals surface area contributed by atoms with Gasteiger partial charge in [0.25, 0.3) is 0 Å². The van der Waals surface area contributed by atoms with Crippen LogP contribution in [0.1, 0.15) is 32.6 Å². The molecule has 13 heavy (non-hydrogen) atoms. The topological polar surface area (TPSA) is 23.5 Å². The molecule has 0 aromatic rings. The van der Waals surface area contributed by atoms with Gasteiger partial charge in [0, 0.05) is 6.04 Å². The van der Waals surface area contributed by atoms with Crippen LogP contribution < -0.4 is 0 Å². The average molecular weight is 181 g/mol. The van der Waals surface area contributed by atoms with Gasteiger partial charge in [-0.2, -0.15) is 0 Å². The minimum atomic E-state index is -0.141. The van der Waals surface area contributed by atoms with Gasteiger partial charge in [0.2, 0.25) is 0 Å². The molecule has 2 atom stereocenters. The lowest BCUT2D eigenvalue weighted by molar-refractivity contribution is 0.0381. The van der Waals surface area contributed by atoms with Crippen molar-refractivity contribution in [2.75, 3.05) is 13.6 Å². The highest BCUT2D eigenvalue weighted by Gasteiger charge is 2.25. The molecule has 0 aromatic carbocycles. The van der Waals surface area contributed by atoms with Gasteiger partial charge in [0.05, 0.1) is 12.6 Å². The average Bonchev–Trinajstić information content (AvgIpc) is 2.15. The number of hydrogen-bond donors (Lipinski definition) is 1. The van der Waals surface area contributed by atoms with E-state index in [1.54, 1.807) is 0 Å². The second-order valence-electron chi connectivity index (χ2n) is 3.76. The molecule has 2 heteroatoms. The number of likely N-dealkylation sites (N-methyl/N-ethyl adjacent to an activating group) is 1. The second kappa shape index (κ2) is 5.26.